The van der Waals surface area contributed by atoms with E-state index < -0.39 is 10.0 Å². The molecule has 2 N–H and O–H groups in total. The molecular formula is C13H21BrN2O2S. The average Bonchev–Trinajstić information content (AvgIpc) is 2.37. The van der Waals surface area contributed by atoms with Gasteiger partial charge in [-0.3, -0.25) is 0 Å². The molecule has 108 valence electrons. The fourth-order valence-corrected chi connectivity index (χ4v) is 4.26. The molecule has 0 radical (unpaired) electrons. The van der Waals surface area contributed by atoms with Gasteiger partial charge in [-0.2, -0.15) is 4.31 Å². The third kappa shape index (κ3) is 3.94. The van der Waals surface area contributed by atoms with E-state index in [1.54, 1.807) is 12.1 Å². The molecule has 1 rings (SSSR count). The molecule has 0 bridgehead atoms. The highest BCUT2D eigenvalue weighted by Crippen LogP contribution is 2.27. The Morgan fingerprint density at radius 2 is 2.00 bits per heavy atom. The van der Waals surface area contributed by atoms with Gasteiger partial charge in [0.25, 0.3) is 0 Å². The minimum atomic E-state index is -3.50. The minimum absolute atomic E-state index is 0.234. The van der Waals surface area contributed by atoms with Crippen molar-refractivity contribution < 1.29 is 8.42 Å². The van der Waals surface area contributed by atoms with E-state index in [9.17, 15) is 8.42 Å². The van der Waals surface area contributed by atoms with E-state index in [1.807, 2.05) is 13.8 Å². The van der Waals surface area contributed by atoms with Crippen LogP contribution in [0.2, 0.25) is 0 Å². The van der Waals surface area contributed by atoms with Crippen molar-refractivity contribution in [1.82, 2.24) is 4.31 Å². The molecule has 1 unspecified atom stereocenters. The molecule has 0 aliphatic carbocycles. The maximum absolute atomic E-state index is 12.6. The lowest BCUT2D eigenvalue weighted by atomic mass is 10.1. The second-order valence-corrected chi connectivity index (χ2v) is 7.42. The van der Waals surface area contributed by atoms with Gasteiger partial charge in [0.05, 0.1) is 4.90 Å². The van der Waals surface area contributed by atoms with E-state index in [1.165, 1.54) is 10.4 Å². The third-order valence-electron chi connectivity index (χ3n) is 3.14. The van der Waals surface area contributed by atoms with Gasteiger partial charge in [-0.1, -0.05) is 27.2 Å². The molecule has 6 heteroatoms. The van der Waals surface area contributed by atoms with Crippen LogP contribution in [0.1, 0.15) is 27.2 Å². The molecule has 0 aromatic heterocycles. The van der Waals surface area contributed by atoms with Crippen LogP contribution in [0, 0.1) is 5.92 Å². The van der Waals surface area contributed by atoms with Gasteiger partial charge < -0.3 is 5.73 Å². The summed E-state index contributed by atoms with van der Waals surface area (Å²) in [5.41, 5.74) is 6.14. The Labute approximate surface area is 124 Å². The zero-order valence-electron chi connectivity index (χ0n) is 11.6. The quantitative estimate of drug-likeness (QED) is 0.803. The van der Waals surface area contributed by atoms with Crippen LogP contribution in [0.25, 0.3) is 0 Å². The highest BCUT2D eigenvalue weighted by atomic mass is 79.9. The van der Waals surface area contributed by atoms with Crippen LogP contribution in [-0.2, 0) is 10.0 Å². The van der Waals surface area contributed by atoms with Crippen LogP contribution >= 0.6 is 15.9 Å². The second-order valence-electron chi connectivity index (χ2n) is 4.66. The number of nitrogens with two attached hydrogens (primary N) is 1. The molecule has 1 aromatic carbocycles. The zero-order valence-corrected chi connectivity index (χ0v) is 14.0. The van der Waals surface area contributed by atoms with Crippen LogP contribution in [0.3, 0.4) is 0 Å². The molecule has 4 nitrogen and oxygen atoms in total. The van der Waals surface area contributed by atoms with E-state index in [0.717, 1.165) is 6.42 Å². The van der Waals surface area contributed by atoms with Crippen molar-refractivity contribution >= 4 is 31.6 Å². The standard InChI is InChI=1S/C13H21BrN2O2S/c1-4-10(3)9-16(5-2)19(17,18)13-8-11(15)6-7-12(13)14/h6-8,10H,4-5,9,15H2,1-3H3. The molecule has 0 amide bonds. The van der Waals surface area contributed by atoms with Gasteiger partial charge in [0.1, 0.15) is 0 Å². The summed E-state index contributed by atoms with van der Waals surface area (Å²) in [5.74, 6) is 0.328. The molecule has 0 heterocycles. The normalized spacial score (nSPS) is 13.7. The highest BCUT2D eigenvalue weighted by molar-refractivity contribution is 9.10. The summed E-state index contributed by atoms with van der Waals surface area (Å²) in [4.78, 5) is 0.234. The van der Waals surface area contributed by atoms with E-state index in [4.69, 9.17) is 5.73 Å². The van der Waals surface area contributed by atoms with E-state index >= 15 is 0 Å². The topological polar surface area (TPSA) is 63.4 Å². The van der Waals surface area contributed by atoms with Crippen molar-refractivity contribution in [3.8, 4) is 0 Å². The molecule has 1 aromatic rings. The largest absolute Gasteiger partial charge is 0.399 e. The van der Waals surface area contributed by atoms with Gasteiger partial charge in [-0.25, -0.2) is 8.42 Å². The Morgan fingerprint density at radius 1 is 1.37 bits per heavy atom. The molecule has 0 spiro atoms. The van der Waals surface area contributed by atoms with Crippen molar-refractivity contribution in [1.29, 1.82) is 0 Å². The van der Waals surface area contributed by atoms with E-state index in [-0.39, 0.29) is 4.90 Å². The molecule has 0 saturated heterocycles. The monoisotopic (exact) mass is 348 g/mol. The van der Waals surface area contributed by atoms with Gasteiger partial charge in [0, 0.05) is 23.2 Å². The Hall–Kier alpha value is -0.590. The lowest BCUT2D eigenvalue weighted by Crippen LogP contribution is -2.34. The Bertz CT molecular complexity index is 531. The van der Waals surface area contributed by atoms with Crippen LogP contribution in [0.5, 0.6) is 0 Å². The molecule has 0 saturated carbocycles. The summed E-state index contributed by atoms with van der Waals surface area (Å²) < 4.78 is 27.3. The summed E-state index contributed by atoms with van der Waals surface area (Å²) in [6.07, 6.45) is 0.949. The molecule has 0 fully saturated rings. The minimum Gasteiger partial charge on any atom is -0.399 e. The van der Waals surface area contributed by atoms with Crippen LogP contribution in [0.4, 0.5) is 5.69 Å². The first-order chi connectivity index (χ1) is 8.82. The fraction of sp³-hybridized carbons (Fsp3) is 0.538. The lowest BCUT2D eigenvalue weighted by Gasteiger charge is -2.24. The summed E-state index contributed by atoms with van der Waals surface area (Å²) in [6.45, 7) is 6.93. The van der Waals surface area contributed by atoms with Gasteiger partial charge in [0.15, 0.2) is 0 Å². The number of anilines is 1. The number of nitrogens with zero attached hydrogens (tertiary/aromatic N) is 1. The number of sulfonamides is 1. The SMILES string of the molecule is CCC(C)CN(CC)S(=O)(=O)c1cc(N)ccc1Br. The van der Waals surface area contributed by atoms with Crippen molar-refractivity contribution in [2.24, 2.45) is 5.92 Å². The number of rotatable bonds is 6. The first kappa shape index (κ1) is 16.5. The molecule has 19 heavy (non-hydrogen) atoms. The predicted octanol–water partition coefficient (Wildman–Crippen LogP) is 3.09. The summed E-state index contributed by atoms with van der Waals surface area (Å²) in [7, 11) is -3.50. The zero-order chi connectivity index (χ0) is 14.6. The number of nitrogen functional groups attached to an aromatic ring is 1. The lowest BCUT2D eigenvalue weighted by molar-refractivity contribution is 0.361. The van der Waals surface area contributed by atoms with Gasteiger partial charge in [0.2, 0.25) is 10.0 Å². The summed E-state index contributed by atoms with van der Waals surface area (Å²) in [5, 5.41) is 0. The number of hydrogen-bond donors (Lipinski definition) is 1. The van der Waals surface area contributed by atoms with Gasteiger partial charge in [-0.05, 0) is 40.0 Å². The van der Waals surface area contributed by atoms with Crippen molar-refractivity contribution in [2.45, 2.75) is 32.1 Å². The Kier molecular flexibility index (Phi) is 5.82. The van der Waals surface area contributed by atoms with Crippen molar-refractivity contribution in [3.05, 3.63) is 22.7 Å². The third-order valence-corrected chi connectivity index (χ3v) is 6.07. The molecule has 0 aliphatic rings. The second kappa shape index (κ2) is 6.72. The van der Waals surface area contributed by atoms with E-state index in [0.29, 0.717) is 29.2 Å². The van der Waals surface area contributed by atoms with Crippen LogP contribution in [0.15, 0.2) is 27.6 Å². The Balaban J connectivity index is 3.17. The van der Waals surface area contributed by atoms with Crippen LogP contribution in [-0.4, -0.2) is 25.8 Å². The molecule has 1 atom stereocenters. The van der Waals surface area contributed by atoms with Gasteiger partial charge in [-0.15, -0.1) is 0 Å². The number of hydrogen-bond acceptors (Lipinski definition) is 3. The number of benzene rings is 1. The predicted molar refractivity (Wildman–Crippen MR) is 82.4 cm³/mol. The van der Waals surface area contributed by atoms with E-state index in [2.05, 4.69) is 22.9 Å². The first-order valence-corrected chi connectivity index (χ1v) is 8.61. The van der Waals surface area contributed by atoms with Crippen molar-refractivity contribution in [2.75, 3.05) is 18.8 Å². The van der Waals surface area contributed by atoms with Crippen molar-refractivity contribution in [3.63, 3.8) is 0 Å². The maximum Gasteiger partial charge on any atom is 0.244 e. The maximum atomic E-state index is 12.6. The molecular weight excluding hydrogens is 328 g/mol. The fourth-order valence-electron chi connectivity index (χ4n) is 1.73. The molecule has 0 aliphatic heterocycles. The highest BCUT2D eigenvalue weighted by Gasteiger charge is 2.26. The summed E-state index contributed by atoms with van der Waals surface area (Å²) >= 11 is 3.29. The average molecular weight is 349 g/mol. The van der Waals surface area contributed by atoms with Crippen LogP contribution < -0.4 is 5.73 Å². The first-order valence-electron chi connectivity index (χ1n) is 6.38. The van der Waals surface area contributed by atoms with Gasteiger partial charge >= 0.3 is 0 Å². The Morgan fingerprint density at radius 3 is 2.53 bits per heavy atom. The smallest absolute Gasteiger partial charge is 0.244 e. The summed E-state index contributed by atoms with van der Waals surface area (Å²) in [6, 6.07) is 4.84. The number of halogens is 1.